The molecule has 0 bridgehead atoms. The van der Waals surface area contributed by atoms with Crippen molar-refractivity contribution in [1.29, 1.82) is 0 Å². The maximum absolute atomic E-state index is 12.0. The van der Waals surface area contributed by atoms with Gasteiger partial charge in [0.25, 0.3) is 5.91 Å². The number of unbranched alkanes of at least 4 members (excludes halogenated alkanes) is 2. The zero-order valence-corrected chi connectivity index (χ0v) is 17.6. The lowest BCUT2D eigenvalue weighted by atomic mass is 10.2. The summed E-state index contributed by atoms with van der Waals surface area (Å²) in [5.74, 6) is 0.810. The third-order valence-electron chi connectivity index (χ3n) is 3.69. The number of anilines is 1. The third-order valence-corrected chi connectivity index (χ3v) is 3.69. The molecule has 0 aliphatic carbocycles. The first kappa shape index (κ1) is 22.0. The number of rotatable bonds is 8. The standard InChI is InChI=1S/C19H26N4O2.HI/c1-3-4-5-11-21-19(20-2)22-14-15-8-6-9-16(13-15)23-18(24)17-10-7-12-25-17;/h6-10,12-13H,3-5,11,14H2,1-2H3,(H,23,24)(H2,20,21,22);1H. The summed E-state index contributed by atoms with van der Waals surface area (Å²) < 4.78 is 5.10. The van der Waals surface area contributed by atoms with Gasteiger partial charge in [-0.25, -0.2) is 0 Å². The number of benzene rings is 1. The first-order valence-corrected chi connectivity index (χ1v) is 8.61. The zero-order valence-electron chi connectivity index (χ0n) is 15.2. The molecular formula is C19H27IN4O2. The molecule has 0 radical (unpaired) electrons. The number of furan rings is 1. The highest BCUT2D eigenvalue weighted by Gasteiger charge is 2.08. The van der Waals surface area contributed by atoms with Gasteiger partial charge >= 0.3 is 0 Å². The molecule has 26 heavy (non-hydrogen) atoms. The van der Waals surface area contributed by atoms with Crippen LogP contribution in [0.1, 0.15) is 42.3 Å². The lowest BCUT2D eigenvalue weighted by Crippen LogP contribution is -2.37. The fourth-order valence-electron chi connectivity index (χ4n) is 2.35. The number of amides is 1. The lowest BCUT2D eigenvalue weighted by molar-refractivity contribution is 0.0996. The topological polar surface area (TPSA) is 78.7 Å². The molecule has 0 saturated carbocycles. The summed E-state index contributed by atoms with van der Waals surface area (Å²) >= 11 is 0. The highest BCUT2D eigenvalue weighted by atomic mass is 127. The van der Waals surface area contributed by atoms with E-state index in [2.05, 4.69) is 27.9 Å². The van der Waals surface area contributed by atoms with Gasteiger partial charge in [-0.2, -0.15) is 0 Å². The van der Waals surface area contributed by atoms with Crippen LogP contribution >= 0.6 is 24.0 Å². The van der Waals surface area contributed by atoms with Crippen molar-refractivity contribution in [3.8, 4) is 0 Å². The quantitative estimate of drug-likeness (QED) is 0.236. The molecule has 0 saturated heterocycles. The maximum atomic E-state index is 12.0. The van der Waals surface area contributed by atoms with E-state index < -0.39 is 0 Å². The van der Waals surface area contributed by atoms with E-state index in [9.17, 15) is 4.79 Å². The van der Waals surface area contributed by atoms with Gasteiger partial charge in [0, 0.05) is 25.8 Å². The van der Waals surface area contributed by atoms with E-state index in [1.807, 2.05) is 24.3 Å². The van der Waals surface area contributed by atoms with E-state index in [0.717, 1.165) is 30.2 Å². The first-order valence-electron chi connectivity index (χ1n) is 8.61. The monoisotopic (exact) mass is 470 g/mol. The summed E-state index contributed by atoms with van der Waals surface area (Å²) in [7, 11) is 1.76. The Kier molecular flexibility index (Phi) is 10.5. The van der Waals surface area contributed by atoms with E-state index in [1.54, 1.807) is 19.2 Å². The van der Waals surface area contributed by atoms with Gasteiger partial charge in [0.15, 0.2) is 11.7 Å². The van der Waals surface area contributed by atoms with Crippen molar-refractivity contribution in [3.63, 3.8) is 0 Å². The van der Waals surface area contributed by atoms with Crippen molar-refractivity contribution in [1.82, 2.24) is 10.6 Å². The van der Waals surface area contributed by atoms with Gasteiger partial charge in [0.05, 0.1) is 6.26 Å². The van der Waals surface area contributed by atoms with Crippen molar-refractivity contribution >= 4 is 41.5 Å². The molecule has 6 nitrogen and oxygen atoms in total. The SMILES string of the molecule is CCCCCNC(=NC)NCc1cccc(NC(=O)c2ccco2)c1.I. The third kappa shape index (κ3) is 7.47. The van der Waals surface area contributed by atoms with Gasteiger partial charge in [0.2, 0.25) is 0 Å². The molecular weight excluding hydrogens is 443 g/mol. The minimum absolute atomic E-state index is 0. The summed E-state index contributed by atoms with van der Waals surface area (Å²) in [4.78, 5) is 16.2. The van der Waals surface area contributed by atoms with Gasteiger partial charge in [-0.3, -0.25) is 9.79 Å². The Bertz CT molecular complexity index is 687. The number of carbonyl (C=O) groups is 1. The largest absolute Gasteiger partial charge is 0.459 e. The number of guanidine groups is 1. The Morgan fingerprint density at radius 1 is 1.15 bits per heavy atom. The second-order valence-corrected chi connectivity index (χ2v) is 5.69. The molecule has 7 heteroatoms. The Hall–Kier alpha value is -2.03. The van der Waals surface area contributed by atoms with Crippen LogP contribution in [0.5, 0.6) is 0 Å². The molecule has 2 aromatic rings. The predicted molar refractivity (Wildman–Crippen MR) is 116 cm³/mol. The van der Waals surface area contributed by atoms with E-state index in [4.69, 9.17) is 4.42 Å². The van der Waals surface area contributed by atoms with Gasteiger partial charge in [-0.1, -0.05) is 31.9 Å². The second-order valence-electron chi connectivity index (χ2n) is 5.69. The maximum Gasteiger partial charge on any atom is 0.291 e. The van der Waals surface area contributed by atoms with Crippen molar-refractivity contribution in [2.24, 2.45) is 4.99 Å². The molecule has 0 fully saturated rings. The average Bonchev–Trinajstić information content (AvgIpc) is 3.16. The van der Waals surface area contributed by atoms with Gasteiger partial charge in [0.1, 0.15) is 0 Å². The smallest absolute Gasteiger partial charge is 0.291 e. The number of hydrogen-bond donors (Lipinski definition) is 3. The van der Waals surface area contributed by atoms with Crippen molar-refractivity contribution in [2.45, 2.75) is 32.7 Å². The van der Waals surface area contributed by atoms with E-state index in [1.165, 1.54) is 19.1 Å². The summed E-state index contributed by atoms with van der Waals surface area (Å²) in [6.45, 7) is 3.72. The molecule has 3 N–H and O–H groups in total. The molecule has 2 rings (SSSR count). The fraction of sp³-hybridized carbons (Fsp3) is 0.368. The van der Waals surface area contributed by atoms with E-state index in [-0.39, 0.29) is 29.9 Å². The van der Waals surface area contributed by atoms with Crippen molar-refractivity contribution in [3.05, 3.63) is 54.0 Å². The average molecular weight is 470 g/mol. The molecule has 1 aromatic heterocycles. The van der Waals surface area contributed by atoms with Crippen LogP contribution < -0.4 is 16.0 Å². The summed E-state index contributed by atoms with van der Waals surface area (Å²) in [6, 6.07) is 11.0. The van der Waals surface area contributed by atoms with Gasteiger partial charge in [-0.05, 0) is 36.2 Å². The first-order chi connectivity index (χ1) is 12.2. The molecule has 142 valence electrons. The zero-order chi connectivity index (χ0) is 17.9. The fourth-order valence-corrected chi connectivity index (χ4v) is 2.35. The number of nitrogens with one attached hydrogen (secondary N) is 3. The predicted octanol–water partition coefficient (Wildman–Crippen LogP) is 4.01. The van der Waals surface area contributed by atoms with Crippen LogP contribution in [-0.4, -0.2) is 25.5 Å². The van der Waals surface area contributed by atoms with Crippen LogP contribution in [0.15, 0.2) is 52.1 Å². The minimum Gasteiger partial charge on any atom is -0.459 e. The van der Waals surface area contributed by atoms with Crippen LogP contribution in [-0.2, 0) is 6.54 Å². The molecule has 0 unspecified atom stereocenters. The number of aliphatic imine (C=N–C) groups is 1. The second kappa shape index (κ2) is 12.3. The van der Waals surface area contributed by atoms with Crippen LogP contribution in [0.3, 0.4) is 0 Å². The van der Waals surface area contributed by atoms with Crippen LogP contribution in [0.4, 0.5) is 5.69 Å². The Morgan fingerprint density at radius 2 is 2.00 bits per heavy atom. The Labute approximate surface area is 171 Å². The molecule has 0 aliphatic heterocycles. The van der Waals surface area contributed by atoms with Crippen molar-refractivity contribution in [2.75, 3.05) is 18.9 Å². The van der Waals surface area contributed by atoms with Crippen LogP contribution in [0.25, 0.3) is 0 Å². The number of hydrogen-bond acceptors (Lipinski definition) is 3. The van der Waals surface area contributed by atoms with E-state index >= 15 is 0 Å². The van der Waals surface area contributed by atoms with Crippen LogP contribution in [0, 0.1) is 0 Å². The number of halogens is 1. The lowest BCUT2D eigenvalue weighted by Gasteiger charge is -2.12. The number of carbonyl (C=O) groups excluding carboxylic acids is 1. The summed E-state index contributed by atoms with van der Waals surface area (Å²) in [5.41, 5.74) is 1.78. The molecule has 0 aliphatic rings. The van der Waals surface area contributed by atoms with Crippen molar-refractivity contribution < 1.29 is 9.21 Å². The molecule has 1 aromatic carbocycles. The Balaban J connectivity index is 0.00000338. The molecule has 1 amide bonds. The molecule has 0 spiro atoms. The summed E-state index contributed by atoms with van der Waals surface area (Å²) in [6.07, 6.45) is 5.02. The number of nitrogens with zero attached hydrogens (tertiary/aromatic N) is 1. The summed E-state index contributed by atoms with van der Waals surface area (Å²) in [5, 5.41) is 9.40. The normalized spacial score (nSPS) is 10.8. The Morgan fingerprint density at radius 3 is 2.69 bits per heavy atom. The minimum atomic E-state index is -0.261. The molecule has 1 heterocycles. The van der Waals surface area contributed by atoms with Crippen LogP contribution in [0.2, 0.25) is 0 Å². The highest BCUT2D eigenvalue weighted by molar-refractivity contribution is 14.0. The van der Waals surface area contributed by atoms with Gasteiger partial charge < -0.3 is 20.4 Å². The van der Waals surface area contributed by atoms with E-state index in [0.29, 0.717) is 12.3 Å². The van der Waals surface area contributed by atoms with Gasteiger partial charge in [-0.15, -0.1) is 24.0 Å². The highest BCUT2D eigenvalue weighted by Crippen LogP contribution is 2.12. The molecule has 0 atom stereocenters.